The molecule has 6 nitrogen and oxygen atoms in total. The van der Waals surface area contributed by atoms with E-state index >= 15 is 0 Å². The number of benzene rings is 2. The van der Waals surface area contributed by atoms with Crippen LogP contribution in [0.25, 0.3) is 0 Å². The quantitative estimate of drug-likeness (QED) is 0.689. The van der Waals surface area contributed by atoms with E-state index in [1.165, 1.54) is 4.90 Å². The van der Waals surface area contributed by atoms with Gasteiger partial charge in [0.25, 0.3) is 5.91 Å². The zero-order chi connectivity index (χ0) is 18.9. The van der Waals surface area contributed by atoms with E-state index in [4.69, 9.17) is 0 Å². The summed E-state index contributed by atoms with van der Waals surface area (Å²) in [6.07, 6.45) is 1.30. The number of urea groups is 1. The van der Waals surface area contributed by atoms with Crippen molar-refractivity contribution in [3.8, 4) is 0 Å². The number of hydrogen-bond acceptors (Lipinski definition) is 3. The van der Waals surface area contributed by atoms with Gasteiger partial charge in [0, 0.05) is 0 Å². The molecule has 3 amide bonds. The molecule has 0 radical (unpaired) electrons. The molecule has 2 heterocycles. The molecule has 3 N–H and O–H groups in total. The fourth-order valence-electron chi connectivity index (χ4n) is 4.15. The van der Waals surface area contributed by atoms with Crippen LogP contribution in [0.4, 0.5) is 4.79 Å². The third-order valence-electron chi connectivity index (χ3n) is 5.49. The Hall–Kier alpha value is -2.70. The fraction of sp³-hybridized carbons (Fsp3) is 0.333. The number of amides is 3. The van der Waals surface area contributed by atoms with Crippen LogP contribution in [0, 0.1) is 0 Å². The highest BCUT2D eigenvalue weighted by molar-refractivity contribution is 6.09. The van der Waals surface area contributed by atoms with Gasteiger partial charge in [-0.25, -0.2) is 9.69 Å². The van der Waals surface area contributed by atoms with Crippen LogP contribution < -0.4 is 10.2 Å². The van der Waals surface area contributed by atoms with Crippen molar-refractivity contribution in [2.24, 2.45) is 0 Å². The second kappa shape index (κ2) is 7.13. The van der Waals surface area contributed by atoms with Crippen molar-refractivity contribution in [3.05, 3.63) is 71.8 Å². The number of carbonyl (C=O) groups excluding carboxylic acids is 2. The number of nitrogens with zero attached hydrogens (tertiary/aromatic N) is 1. The maximum Gasteiger partial charge on any atom is 0.330 e. The van der Waals surface area contributed by atoms with Crippen LogP contribution in [0.15, 0.2) is 60.7 Å². The highest BCUT2D eigenvalue weighted by Gasteiger charge is 2.54. The molecule has 0 spiro atoms. The van der Waals surface area contributed by atoms with E-state index in [9.17, 15) is 14.7 Å². The smallest absolute Gasteiger partial charge is 0.330 e. The van der Waals surface area contributed by atoms with Crippen molar-refractivity contribution in [2.75, 3.05) is 19.8 Å². The van der Waals surface area contributed by atoms with E-state index in [0.717, 1.165) is 35.4 Å². The summed E-state index contributed by atoms with van der Waals surface area (Å²) < 4.78 is 0. The molecule has 4 rings (SSSR count). The molecule has 0 aliphatic carbocycles. The minimum absolute atomic E-state index is 0.266. The molecule has 0 saturated carbocycles. The van der Waals surface area contributed by atoms with Gasteiger partial charge in [-0.15, -0.1) is 0 Å². The summed E-state index contributed by atoms with van der Waals surface area (Å²) in [5.41, 5.74) is 0.268. The van der Waals surface area contributed by atoms with Crippen molar-refractivity contribution in [2.45, 2.75) is 24.5 Å². The highest BCUT2D eigenvalue weighted by atomic mass is 16.3. The Morgan fingerprint density at radius 1 is 1.04 bits per heavy atom. The first-order valence-electron chi connectivity index (χ1n) is 9.38. The van der Waals surface area contributed by atoms with Crippen molar-refractivity contribution < 1.29 is 19.6 Å². The van der Waals surface area contributed by atoms with Crippen LogP contribution in [0.2, 0.25) is 0 Å². The number of likely N-dealkylation sites (tertiary alicyclic amines) is 1. The van der Waals surface area contributed by atoms with Crippen molar-refractivity contribution in [1.82, 2.24) is 10.2 Å². The molecule has 140 valence electrons. The lowest BCUT2D eigenvalue weighted by molar-refractivity contribution is -0.915. The number of nitrogens with one attached hydrogen (secondary N) is 2. The van der Waals surface area contributed by atoms with Crippen LogP contribution in [0.3, 0.4) is 0 Å². The molecular formula is C21H24N3O3+. The number of imide groups is 1. The number of quaternary nitrogens is 1. The van der Waals surface area contributed by atoms with Gasteiger partial charge < -0.3 is 15.3 Å². The largest absolute Gasteiger partial charge is 0.387 e. The molecule has 2 aromatic rings. The first-order valence-corrected chi connectivity index (χ1v) is 9.38. The third kappa shape index (κ3) is 3.11. The number of piperidine rings is 1. The van der Waals surface area contributed by atoms with Gasteiger partial charge in [0.05, 0.1) is 6.54 Å². The van der Waals surface area contributed by atoms with Crippen molar-refractivity contribution >= 4 is 11.9 Å². The van der Waals surface area contributed by atoms with E-state index in [-0.39, 0.29) is 24.7 Å². The summed E-state index contributed by atoms with van der Waals surface area (Å²) in [6, 6.07) is 18.3. The SMILES string of the molecule is O=C1NC(c2ccccc2)(c2ccccc2)C(=O)N1C[NH+]1CCC[C@H](O)C1. The lowest BCUT2D eigenvalue weighted by Gasteiger charge is -2.30. The predicted octanol–water partition coefficient (Wildman–Crippen LogP) is 0.479. The second-order valence-electron chi connectivity index (χ2n) is 7.30. The topological polar surface area (TPSA) is 74.1 Å². The molecule has 2 atom stereocenters. The van der Waals surface area contributed by atoms with Gasteiger partial charge in [0.1, 0.15) is 12.6 Å². The molecular weight excluding hydrogens is 342 g/mol. The number of carbonyl (C=O) groups is 2. The molecule has 27 heavy (non-hydrogen) atoms. The van der Waals surface area contributed by atoms with Gasteiger partial charge in [-0.2, -0.15) is 0 Å². The molecule has 2 fully saturated rings. The maximum absolute atomic E-state index is 13.6. The lowest BCUT2D eigenvalue weighted by Crippen LogP contribution is -3.15. The van der Waals surface area contributed by atoms with Crippen LogP contribution in [0.1, 0.15) is 24.0 Å². The van der Waals surface area contributed by atoms with E-state index in [0.29, 0.717) is 6.54 Å². The monoisotopic (exact) mass is 366 g/mol. The van der Waals surface area contributed by atoms with Gasteiger partial charge in [-0.05, 0) is 24.0 Å². The summed E-state index contributed by atoms with van der Waals surface area (Å²) in [7, 11) is 0. The van der Waals surface area contributed by atoms with E-state index < -0.39 is 5.54 Å². The van der Waals surface area contributed by atoms with Gasteiger partial charge in [-0.3, -0.25) is 4.79 Å². The molecule has 0 bridgehead atoms. The Morgan fingerprint density at radius 3 is 2.19 bits per heavy atom. The van der Waals surface area contributed by atoms with E-state index in [1.54, 1.807) is 0 Å². The number of rotatable bonds is 4. The van der Waals surface area contributed by atoms with Gasteiger partial charge in [0.15, 0.2) is 12.2 Å². The van der Waals surface area contributed by atoms with Crippen LogP contribution >= 0.6 is 0 Å². The van der Waals surface area contributed by atoms with Gasteiger partial charge >= 0.3 is 6.03 Å². The number of aliphatic hydroxyl groups excluding tert-OH is 1. The molecule has 1 unspecified atom stereocenters. The zero-order valence-electron chi connectivity index (χ0n) is 15.1. The third-order valence-corrected chi connectivity index (χ3v) is 5.49. The number of hydrogen-bond donors (Lipinski definition) is 3. The summed E-state index contributed by atoms with van der Waals surface area (Å²) in [6.45, 7) is 1.67. The maximum atomic E-state index is 13.6. The average Bonchev–Trinajstić information content (AvgIpc) is 2.95. The van der Waals surface area contributed by atoms with Gasteiger partial charge in [-0.1, -0.05) is 60.7 Å². The van der Waals surface area contributed by atoms with Crippen LogP contribution in [0.5, 0.6) is 0 Å². The normalized spacial score (nSPS) is 24.7. The van der Waals surface area contributed by atoms with E-state index in [2.05, 4.69) is 5.32 Å². The number of aliphatic hydroxyl groups is 1. The molecule has 2 saturated heterocycles. The zero-order valence-corrected chi connectivity index (χ0v) is 15.1. The summed E-state index contributed by atoms with van der Waals surface area (Å²) >= 11 is 0. The van der Waals surface area contributed by atoms with Crippen molar-refractivity contribution in [1.29, 1.82) is 0 Å². The molecule has 6 heteroatoms. The second-order valence-corrected chi connectivity index (χ2v) is 7.30. The lowest BCUT2D eigenvalue weighted by atomic mass is 9.83. The minimum Gasteiger partial charge on any atom is -0.387 e. The van der Waals surface area contributed by atoms with Crippen LogP contribution in [-0.2, 0) is 10.3 Å². The Morgan fingerprint density at radius 2 is 1.63 bits per heavy atom. The predicted molar refractivity (Wildman–Crippen MR) is 99.8 cm³/mol. The van der Waals surface area contributed by atoms with E-state index in [1.807, 2.05) is 60.7 Å². The first-order chi connectivity index (χ1) is 13.1. The Balaban J connectivity index is 1.71. The molecule has 0 aromatic heterocycles. The Labute approximate surface area is 158 Å². The Kier molecular flexibility index (Phi) is 4.68. The standard InChI is InChI=1S/C21H23N3O3/c25-18-12-7-13-23(14-18)15-24-19(26)21(22-20(24)27,16-8-3-1-4-9-16)17-10-5-2-6-11-17/h1-6,8-11,18,25H,7,12-15H2,(H,22,27)/p+1/t18-/m0/s1. The Bertz CT molecular complexity index is 786. The first kappa shape index (κ1) is 17.7. The fourth-order valence-corrected chi connectivity index (χ4v) is 4.15. The minimum atomic E-state index is -1.21. The highest BCUT2D eigenvalue weighted by Crippen LogP contribution is 2.35. The molecule has 2 aliphatic rings. The average molecular weight is 366 g/mol. The summed E-state index contributed by atoms with van der Waals surface area (Å²) in [4.78, 5) is 28.7. The van der Waals surface area contributed by atoms with Crippen molar-refractivity contribution in [3.63, 3.8) is 0 Å². The molecule has 2 aromatic carbocycles. The van der Waals surface area contributed by atoms with Gasteiger partial charge in [0.2, 0.25) is 0 Å². The summed E-state index contributed by atoms with van der Waals surface area (Å²) in [5.74, 6) is -0.266. The molecule has 2 aliphatic heterocycles. The summed E-state index contributed by atoms with van der Waals surface area (Å²) in [5, 5.41) is 12.9. The van der Waals surface area contributed by atoms with Crippen LogP contribution in [-0.4, -0.2) is 47.8 Å².